The lowest BCUT2D eigenvalue weighted by atomic mass is 9.96. The van der Waals surface area contributed by atoms with E-state index in [0.29, 0.717) is 5.69 Å². The molecule has 1 unspecified atom stereocenters. The summed E-state index contributed by atoms with van der Waals surface area (Å²) in [5.74, 6) is -0.657. The molecule has 4 aromatic carbocycles. The summed E-state index contributed by atoms with van der Waals surface area (Å²) >= 11 is 0. The molecule has 0 fully saturated rings. The number of ether oxygens (including phenoxy) is 1. The maximum atomic E-state index is 13.8. The maximum Gasteiger partial charge on any atom is 0.272 e. The Morgan fingerprint density at radius 2 is 1.44 bits per heavy atom. The van der Waals surface area contributed by atoms with Gasteiger partial charge in [-0.05, 0) is 80.8 Å². The molecule has 0 saturated carbocycles. The van der Waals surface area contributed by atoms with Crippen molar-refractivity contribution in [3.63, 3.8) is 0 Å². The number of anilines is 2. The van der Waals surface area contributed by atoms with E-state index in [-0.39, 0.29) is 35.2 Å². The van der Waals surface area contributed by atoms with Gasteiger partial charge in [-0.15, -0.1) is 0 Å². The molecule has 0 aliphatic carbocycles. The third-order valence-corrected chi connectivity index (χ3v) is 5.73. The fourth-order valence-electron chi connectivity index (χ4n) is 3.99. The Balaban J connectivity index is 1.66. The normalized spacial score (nSPS) is 13.4. The largest absolute Gasteiger partial charge is 0.482 e. The van der Waals surface area contributed by atoms with E-state index in [1.807, 2.05) is 31.2 Å². The van der Waals surface area contributed by atoms with Crippen LogP contribution in [0, 0.1) is 11.6 Å². The van der Waals surface area contributed by atoms with Crippen LogP contribution < -0.4 is 26.2 Å². The Bertz CT molecular complexity index is 1430. The number of benzene rings is 3. The van der Waals surface area contributed by atoms with Crippen LogP contribution in [-0.4, -0.2) is 5.60 Å². The molecule has 2 atom stereocenters. The van der Waals surface area contributed by atoms with Gasteiger partial charge in [0, 0.05) is 11.7 Å². The Morgan fingerprint density at radius 1 is 0.778 bits per heavy atom. The van der Waals surface area contributed by atoms with Crippen molar-refractivity contribution in [2.75, 3.05) is 5.32 Å². The van der Waals surface area contributed by atoms with Crippen molar-refractivity contribution in [1.29, 1.82) is 0 Å². The molecule has 0 radical (unpaired) electrons. The number of rotatable bonds is 8. The molecule has 0 aliphatic heterocycles. The molecule has 2 N–H and O–H groups in total. The van der Waals surface area contributed by atoms with Crippen molar-refractivity contribution >= 4 is 11.4 Å². The fourth-order valence-corrected chi connectivity index (χ4v) is 3.99. The lowest BCUT2D eigenvalue weighted by Crippen LogP contribution is -2.39. The van der Waals surface area contributed by atoms with Gasteiger partial charge in [-0.3, -0.25) is 14.9 Å². The molecule has 4 aromatic rings. The molecular formula is C29H28F2N2O3. The molecule has 0 saturated heterocycles. The zero-order valence-electron chi connectivity index (χ0n) is 20.6. The highest BCUT2D eigenvalue weighted by atomic mass is 19.1. The van der Waals surface area contributed by atoms with E-state index in [9.17, 15) is 18.4 Å². The number of hydrogen-bond donors (Lipinski definition) is 2. The highest BCUT2D eigenvalue weighted by molar-refractivity contribution is 5.70. The minimum absolute atomic E-state index is 0.0193. The molecule has 0 aliphatic rings. The zero-order chi connectivity index (χ0) is 26.0. The second kappa shape index (κ2) is 10.0. The predicted octanol–water partition coefficient (Wildman–Crippen LogP) is 5.92. The molecule has 0 aromatic heterocycles. The molecule has 5 nitrogen and oxygen atoms in total. The molecule has 0 amide bonds. The van der Waals surface area contributed by atoms with Crippen LogP contribution in [0.15, 0.2) is 82.4 Å². The second-order valence-corrected chi connectivity index (χ2v) is 9.76. The number of halogens is 2. The van der Waals surface area contributed by atoms with Gasteiger partial charge in [0.1, 0.15) is 22.9 Å². The van der Waals surface area contributed by atoms with Crippen molar-refractivity contribution in [3.8, 4) is 5.75 Å². The van der Waals surface area contributed by atoms with Crippen LogP contribution in [0.1, 0.15) is 56.5 Å². The Labute approximate surface area is 208 Å². The smallest absolute Gasteiger partial charge is 0.272 e. The van der Waals surface area contributed by atoms with E-state index in [1.54, 1.807) is 45.0 Å². The van der Waals surface area contributed by atoms with Gasteiger partial charge in [0.15, 0.2) is 5.75 Å². The van der Waals surface area contributed by atoms with Crippen LogP contribution in [0.25, 0.3) is 0 Å². The summed E-state index contributed by atoms with van der Waals surface area (Å²) in [6.07, 6.45) is 0. The average molecular weight is 491 g/mol. The standard InChI is InChI=1S/C29H28F2N2O3/c1-17(19-7-5-9-22(31)15-19)32-24(18-11-13-21(30)14-12-18)20-8-6-10-23(16-20)33-25-26(34)27(35)28(25)36-29(2,3)4/h5-17,24,32-33H,1-4H3/t17-,24?/m1/s1. The number of hydrogen-bond acceptors (Lipinski definition) is 5. The maximum absolute atomic E-state index is 13.8. The third-order valence-electron chi connectivity index (χ3n) is 5.73. The summed E-state index contributed by atoms with van der Waals surface area (Å²) < 4.78 is 33.1. The number of nitrogens with one attached hydrogen (secondary N) is 2. The highest BCUT2D eigenvalue weighted by Crippen LogP contribution is 2.31. The lowest BCUT2D eigenvalue weighted by molar-refractivity contribution is 0.128. The van der Waals surface area contributed by atoms with E-state index in [1.165, 1.54) is 24.3 Å². The van der Waals surface area contributed by atoms with E-state index in [2.05, 4.69) is 10.6 Å². The first kappa shape index (κ1) is 25.3. The Morgan fingerprint density at radius 3 is 2.11 bits per heavy atom. The van der Waals surface area contributed by atoms with Crippen LogP contribution in [0.4, 0.5) is 20.2 Å². The van der Waals surface area contributed by atoms with Gasteiger partial charge in [-0.1, -0.05) is 36.4 Å². The lowest BCUT2D eigenvalue weighted by Gasteiger charge is -2.26. The molecule has 0 bridgehead atoms. The van der Waals surface area contributed by atoms with E-state index >= 15 is 0 Å². The van der Waals surface area contributed by atoms with Crippen LogP contribution in [0.3, 0.4) is 0 Å². The molecule has 0 spiro atoms. The summed E-state index contributed by atoms with van der Waals surface area (Å²) in [5.41, 5.74) is 1.19. The van der Waals surface area contributed by atoms with Crippen molar-refractivity contribution < 1.29 is 13.5 Å². The van der Waals surface area contributed by atoms with Gasteiger partial charge in [-0.2, -0.15) is 0 Å². The van der Waals surface area contributed by atoms with Gasteiger partial charge in [0.25, 0.3) is 10.9 Å². The first-order valence-corrected chi connectivity index (χ1v) is 11.7. The topological polar surface area (TPSA) is 67.4 Å². The van der Waals surface area contributed by atoms with Crippen molar-refractivity contribution in [2.45, 2.75) is 45.4 Å². The molecule has 4 rings (SSSR count). The first-order valence-electron chi connectivity index (χ1n) is 11.7. The van der Waals surface area contributed by atoms with Crippen molar-refractivity contribution in [1.82, 2.24) is 5.32 Å². The molecule has 186 valence electrons. The van der Waals surface area contributed by atoms with E-state index in [0.717, 1.165) is 16.7 Å². The predicted molar refractivity (Wildman–Crippen MR) is 138 cm³/mol. The van der Waals surface area contributed by atoms with Gasteiger partial charge < -0.3 is 10.1 Å². The Kier molecular flexibility index (Phi) is 7.04. The summed E-state index contributed by atoms with van der Waals surface area (Å²) in [7, 11) is 0. The molecule has 36 heavy (non-hydrogen) atoms. The molecule has 0 heterocycles. The zero-order valence-corrected chi connectivity index (χ0v) is 20.6. The molecular weight excluding hydrogens is 462 g/mol. The van der Waals surface area contributed by atoms with Crippen LogP contribution >= 0.6 is 0 Å². The monoisotopic (exact) mass is 490 g/mol. The minimum Gasteiger partial charge on any atom is -0.482 e. The van der Waals surface area contributed by atoms with Crippen LogP contribution in [0.2, 0.25) is 0 Å². The van der Waals surface area contributed by atoms with Crippen molar-refractivity contribution in [2.24, 2.45) is 0 Å². The van der Waals surface area contributed by atoms with E-state index < -0.39 is 16.5 Å². The summed E-state index contributed by atoms with van der Waals surface area (Å²) in [5, 5.41) is 6.53. The summed E-state index contributed by atoms with van der Waals surface area (Å²) in [6, 6.07) is 19.3. The quantitative estimate of drug-likeness (QED) is 0.300. The average Bonchev–Trinajstić information content (AvgIpc) is 2.84. The minimum atomic E-state index is -0.654. The second-order valence-electron chi connectivity index (χ2n) is 9.76. The van der Waals surface area contributed by atoms with Crippen LogP contribution in [-0.2, 0) is 0 Å². The third kappa shape index (κ3) is 5.69. The fraction of sp³-hybridized carbons (Fsp3) is 0.241. The SMILES string of the molecule is C[C@@H](NC(c1ccc(F)cc1)c1cccc(Nc2c(OC(C)(C)C)c(=O)c2=O)c1)c1cccc(F)c1. The Hall–Kier alpha value is -3.84. The highest BCUT2D eigenvalue weighted by Gasteiger charge is 2.27. The van der Waals surface area contributed by atoms with Gasteiger partial charge in [0.2, 0.25) is 0 Å². The summed E-state index contributed by atoms with van der Waals surface area (Å²) in [4.78, 5) is 24.3. The summed E-state index contributed by atoms with van der Waals surface area (Å²) in [6.45, 7) is 7.32. The van der Waals surface area contributed by atoms with Gasteiger partial charge in [-0.25, -0.2) is 8.78 Å². The van der Waals surface area contributed by atoms with Crippen LogP contribution in [0.5, 0.6) is 5.75 Å². The van der Waals surface area contributed by atoms with Crippen molar-refractivity contribution in [3.05, 3.63) is 122 Å². The van der Waals surface area contributed by atoms with Gasteiger partial charge >= 0.3 is 0 Å². The van der Waals surface area contributed by atoms with E-state index in [4.69, 9.17) is 4.74 Å². The molecule has 7 heteroatoms. The first-order chi connectivity index (χ1) is 17.0. The van der Waals surface area contributed by atoms with Gasteiger partial charge in [0.05, 0.1) is 6.04 Å².